The van der Waals surface area contributed by atoms with Crippen LogP contribution in [0.1, 0.15) is 13.8 Å². The van der Waals surface area contributed by atoms with Crippen molar-refractivity contribution in [2.75, 3.05) is 37.4 Å². The second kappa shape index (κ2) is 6.95. The van der Waals surface area contributed by atoms with Crippen molar-refractivity contribution in [1.82, 2.24) is 0 Å². The molecule has 5 heteroatoms. The van der Waals surface area contributed by atoms with E-state index in [2.05, 4.69) is 34.7 Å². The van der Waals surface area contributed by atoms with Crippen molar-refractivity contribution in [2.24, 2.45) is 5.92 Å². The lowest BCUT2D eigenvalue weighted by molar-refractivity contribution is 0.204. The maximum absolute atomic E-state index is 13.4. The molecule has 0 fully saturated rings. The zero-order valence-corrected chi connectivity index (χ0v) is 12.6. The van der Waals surface area contributed by atoms with Gasteiger partial charge in [-0.3, -0.25) is 0 Å². The molecule has 0 heterocycles. The van der Waals surface area contributed by atoms with Gasteiger partial charge >= 0.3 is 0 Å². The second-order valence-electron chi connectivity index (χ2n) is 4.66. The fourth-order valence-electron chi connectivity index (χ4n) is 1.78. The number of nitrogens with zero attached hydrogens (tertiary/aromatic N) is 1. The van der Waals surface area contributed by atoms with Gasteiger partial charge < -0.3 is 15.4 Å². The predicted octanol–water partition coefficient (Wildman–Crippen LogP) is 3.28. The van der Waals surface area contributed by atoms with Gasteiger partial charge in [0.2, 0.25) is 0 Å². The summed E-state index contributed by atoms with van der Waals surface area (Å²) in [4.78, 5) is 2.12. The first kappa shape index (κ1) is 15.2. The molecule has 0 spiro atoms. The zero-order valence-electron chi connectivity index (χ0n) is 11.0. The Hall–Kier alpha value is -0.810. The topological polar surface area (TPSA) is 38.5 Å². The number of benzene rings is 1. The van der Waals surface area contributed by atoms with Crippen molar-refractivity contribution < 1.29 is 9.13 Å². The molecule has 1 rings (SSSR count). The van der Waals surface area contributed by atoms with Crippen LogP contribution in [0.2, 0.25) is 0 Å². The van der Waals surface area contributed by atoms with Crippen LogP contribution in [0.5, 0.6) is 0 Å². The van der Waals surface area contributed by atoms with Crippen LogP contribution >= 0.6 is 15.9 Å². The van der Waals surface area contributed by atoms with Gasteiger partial charge in [-0.05, 0) is 27.9 Å². The zero-order chi connectivity index (χ0) is 13.7. The third kappa shape index (κ3) is 4.14. The number of hydrogen-bond donors (Lipinski definition) is 1. The Morgan fingerprint density at radius 3 is 2.67 bits per heavy atom. The highest BCUT2D eigenvalue weighted by atomic mass is 79.9. The highest BCUT2D eigenvalue weighted by Gasteiger charge is 2.14. The Kier molecular flexibility index (Phi) is 5.88. The first-order chi connectivity index (χ1) is 8.45. The van der Waals surface area contributed by atoms with Gasteiger partial charge in [-0.1, -0.05) is 13.8 Å². The third-order valence-corrected chi connectivity index (χ3v) is 3.17. The first-order valence-corrected chi connectivity index (χ1v) is 6.73. The number of nitrogen functional groups attached to an aromatic ring is 1. The summed E-state index contributed by atoms with van der Waals surface area (Å²) in [6, 6.07) is 3.07. The number of rotatable bonds is 6. The van der Waals surface area contributed by atoms with E-state index in [0.717, 1.165) is 18.8 Å². The van der Waals surface area contributed by atoms with Crippen LogP contribution in [-0.2, 0) is 4.74 Å². The minimum Gasteiger partial charge on any atom is -0.397 e. The molecule has 0 saturated heterocycles. The van der Waals surface area contributed by atoms with Gasteiger partial charge in [0.25, 0.3) is 0 Å². The molecular formula is C13H20BrFN2O. The smallest absolute Gasteiger partial charge is 0.139 e. The second-order valence-corrected chi connectivity index (χ2v) is 5.51. The Morgan fingerprint density at radius 2 is 2.11 bits per heavy atom. The molecular weight excluding hydrogens is 299 g/mol. The molecule has 0 unspecified atom stereocenters. The van der Waals surface area contributed by atoms with Crippen LogP contribution in [-0.4, -0.2) is 26.8 Å². The predicted molar refractivity (Wildman–Crippen MR) is 77.4 cm³/mol. The van der Waals surface area contributed by atoms with Crippen molar-refractivity contribution >= 4 is 27.3 Å². The fourth-order valence-corrected chi connectivity index (χ4v) is 2.11. The van der Waals surface area contributed by atoms with Gasteiger partial charge in [0.1, 0.15) is 5.82 Å². The van der Waals surface area contributed by atoms with Crippen LogP contribution in [0.15, 0.2) is 16.6 Å². The van der Waals surface area contributed by atoms with Crippen molar-refractivity contribution in [2.45, 2.75) is 13.8 Å². The van der Waals surface area contributed by atoms with Gasteiger partial charge in [0.15, 0.2) is 0 Å². The number of nitrogens with two attached hydrogens (primary N) is 1. The minimum atomic E-state index is -0.340. The summed E-state index contributed by atoms with van der Waals surface area (Å²) < 4.78 is 18.9. The Bertz CT molecular complexity index is 399. The van der Waals surface area contributed by atoms with E-state index in [1.807, 2.05) is 0 Å². The van der Waals surface area contributed by atoms with Gasteiger partial charge in [-0.25, -0.2) is 4.39 Å². The number of anilines is 2. The summed E-state index contributed by atoms with van der Waals surface area (Å²) in [5.74, 6) is 0.151. The Labute approximate surface area is 116 Å². The monoisotopic (exact) mass is 318 g/mol. The fraction of sp³-hybridized carbons (Fsp3) is 0.538. The summed E-state index contributed by atoms with van der Waals surface area (Å²) in [7, 11) is 1.66. The maximum Gasteiger partial charge on any atom is 0.139 e. The van der Waals surface area contributed by atoms with Crippen LogP contribution < -0.4 is 10.6 Å². The molecule has 1 aromatic carbocycles. The molecule has 0 saturated carbocycles. The summed E-state index contributed by atoms with van der Waals surface area (Å²) in [5.41, 5.74) is 7.19. The molecule has 0 aromatic heterocycles. The SMILES string of the molecule is COCCN(CC(C)C)c1cc(Br)c(F)cc1N. The number of halogens is 2. The minimum absolute atomic E-state index is 0.340. The molecule has 0 aliphatic heterocycles. The Balaban J connectivity index is 2.99. The first-order valence-electron chi connectivity index (χ1n) is 5.94. The summed E-state index contributed by atoms with van der Waals surface area (Å²) in [6.07, 6.45) is 0. The molecule has 0 aliphatic carbocycles. The number of methoxy groups -OCH3 is 1. The van der Waals surface area contributed by atoms with Gasteiger partial charge in [-0.15, -0.1) is 0 Å². The van der Waals surface area contributed by atoms with E-state index in [-0.39, 0.29) is 5.82 Å². The van der Waals surface area contributed by atoms with E-state index in [0.29, 0.717) is 22.7 Å². The average molecular weight is 319 g/mol. The molecule has 0 atom stereocenters. The van der Waals surface area contributed by atoms with E-state index in [4.69, 9.17) is 10.5 Å². The highest BCUT2D eigenvalue weighted by molar-refractivity contribution is 9.10. The van der Waals surface area contributed by atoms with Crippen LogP contribution in [0.25, 0.3) is 0 Å². The lowest BCUT2D eigenvalue weighted by Crippen LogP contribution is -2.31. The lowest BCUT2D eigenvalue weighted by atomic mass is 10.1. The van der Waals surface area contributed by atoms with Crippen LogP contribution in [0.3, 0.4) is 0 Å². The average Bonchev–Trinajstić information content (AvgIpc) is 2.29. The maximum atomic E-state index is 13.4. The Morgan fingerprint density at radius 1 is 1.44 bits per heavy atom. The molecule has 2 N–H and O–H groups in total. The number of hydrogen-bond acceptors (Lipinski definition) is 3. The van der Waals surface area contributed by atoms with Gasteiger partial charge in [0, 0.05) is 26.3 Å². The summed E-state index contributed by atoms with van der Waals surface area (Å²) in [6.45, 7) is 6.47. The van der Waals surface area contributed by atoms with E-state index in [1.54, 1.807) is 13.2 Å². The normalized spacial score (nSPS) is 11.0. The molecule has 0 amide bonds. The molecule has 0 aliphatic rings. The lowest BCUT2D eigenvalue weighted by Gasteiger charge is -2.28. The quantitative estimate of drug-likeness (QED) is 0.818. The summed E-state index contributed by atoms with van der Waals surface area (Å²) >= 11 is 3.19. The van der Waals surface area contributed by atoms with E-state index in [1.165, 1.54) is 6.07 Å². The molecule has 102 valence electrons. The third-order valence-electron chi connectivity index (χ3n) is 2.56. The van der Waals surface area contributed by atoms with Crippen LogP contribution in [0, 0.1) is 11.7 Å². The molecule has 3 nitrogen and oxygen atoms in total. The molecule has 0 radical (unpaired) electrons. The van der Waals surface area contributed by atoms with Crippen LogP contribution in [0.4, 0.5) is 15.8 Å². The van der Waals surface area contributed by atoms with Crippen molar-refractivity contribution in [3.05, 3.63) is 22.4 Å². The van der Waals surface area contributed by atoms with E-state index >= 15 is 0 Å². The van der Waals surface area contributed by atoms with E-state index in [9.17, 15) is 4.39 Å². The van der Waals surface area contributed by atoms with E-state index < -0.39 is 0 Å². The molecule has 18 heavy (non-hydrogen) atoms. The van der Waals surface area contributed by atoms with Crippen molar-refractivity contribution in [3.63, 3.8) is 0 Å². The molecule has 1 aromatic rings. The standard InChI is InChI=1S/C13H20BrFN2O/c1-9(2)8-17(4-5-18-3)13-6-10(14)11(15)7-12(13)16/h6-7,9H,4-5,8,16H2,1-3H3. The summed E-state index contributed by atoms with van der Waals surface area (Å²) in [5, 5.41) is 0. The van der Waals surface area contributed by atoms with Crippen molar-refractivity contribution in [3.8, 4) is 0 Å². The highest BCUT2D eigenvalue weighted by Crippen LogP contribution is 2.30. The largest absolute Gasteiger partial charge is 0.397 e. The van der Waals surface area contributed by atoms with Gasteiger partial charge in [-0.2, -0.15) is 0 Å². The van der Waals surface area contributed by atoms with Gasteiger partial charge in [0.05, 0.1) is 22.5 Å². The molecule has 0 bridgehead atoms. The van der Waals surface area contributed by atoms with Crippen molar-refractivity contribution in [1.29, 1.82) is 0 Å². The number of ether oxygens (including phenoxy) is 1.